The van der Waals surface area contributed by atoms with Crippen LogP contribution in [0.25, 0.3) is 0 Å². The molecular formula is C14H22N2O2. The maximum Gasteiger partial charge on any atom is 0.407 e. The minimum atomic E-state index is -0.320. The van der Waals surface area contributed by atoms with E-state index in [1.807, 2.05) is 25.1 Å². The van der Waals surface area contributed by atoms with Crippen molar-refractivity contribution < 1.29 is 9.53 Å². The maximum absolute atomic E-state index is 11.1. The number of benzene rings is 1. The lowest BCUT2D eigenvalue weighted by Gasteiger charge is -2.07. The predicted molar refractivity (Wildman–Crippen MR) is 72.4 cm³/mol. The standard InChI is InChI=1S/C14H22N2O2/c1-2-9-16-14(17)18-11-6-10-15-12-13-7-4-3-5-8-13/h3-5,7-8,15H,2,6,9-12H2,1H3,(H,16,17). The third kappa shape index (κ3) is 6.91. The van der Waals surface area contributed by atoms with Crippen molar-refractivity contribution in [1.29, 1.82) is 0 Å². The van der Waals surface area contributed by atoms with Crippen LogP contribution in [0.1, 0.15) is 25.3 Å². The molecule has 0 heterocycles. The average Bonchev–Trinajstić information content (AvgIpc) is 2.41. The maximum atomic E-state index is 11.1. The van der Waals surface area contributed by atoms with Gasteiger partial charge in [-0.2, -0.15) is 0 Å². The van der Waals surface area contributed by atoms with Gasteiger partial charge >= 0.3 is 6.09 Å². The zero-order valence-corrected chi connectivity index (χ0v) is 10.9. The second-order valence-corrected chi connectivity index (χ2v) is 4.08. The smallest absolute Gasteiger partial charge is 0.407 e. The molecule has 4 heteroatoms. The molecular weight excluding hydrogens is 228 g/mol. The Kier molecular flexibility index (Phi) is 7.64. The van der Waals surface area contributed by atoms with Crippen LogP contribution in [0.3, 0.4) is 0 Å². The second kappa shape index (κ2) is 9.48. The Labute approximate surface area is 109 Å². The van der Waals surface area contributed by atoms with Gasteiger partial charge < -0.3 is 15.4 Å². The molecule has 2 N–H and O–H groups in total. The van der Waals surface area contributed by atoms with Gasteiger partial charge in [-0.25, -0.2) is 4.79 Å². The van der Waals surface area contributed by atoms with Crippen LogP contribution in [-0.4, -0.2) is 25.8 Å². The van der Waals surface area contributed by atoms with Crippen molar-refractivity contribution in [3.63, 3.8) is 0 Å². The minimum Gasteiger partial charge on any atom is -0.450 e. The number of ether oxygens (including phenoxy) is 1. The molecule has 1 aromatic carbocycles. The molecule has 0 aliphatic heterocycles. The lowest BCUT2D eigenvalue weighted by molar-refractivity contribution is 0.144. The Balaban J connectivity index is 1.94. The summed E-state index contributed by atoms with van der Waals surface area (Å²) < 4.78 is 5.01. The lowest BCUT2D eigenvalue weighted by atomic mass is 10.2. The van der Waals surface area contributed by atoms with Crippen LogP contribution in [0.5, 0.6) is 0 Å². The fourth-order valence-corrected chi connectivity index (χ4v) is 1.47. The minimum absolute atomic E-state index is 0.320. The molecule has 100 valence electrons. The van der Waals surface area contributed by atoms with E-state index in [1.165, 1.54) is 5.56 Å². The molecule has 0 fully saturated rings. The summed E-state index contributed by atoms with van der Waals surface area (Å²) in [5.41, 5.74) is 1.26. The lowest BCUT2D eigenvalue weighted by Crippen LogP contribution is -2.26. The predicted octanol–water partition coefficient (Wildman–Crippen LogP) is 2.30. The van der Waals surface area contributed by atoms with Gasteiger partial charge in [-0.15, -0.1) is 0 Å². The first kappa shape index (κ1) is 14.5. The van der Waals surface area contributed by atoms with E-state index < -0.39 is 0 Å². The Bertz CT molecular complexity index is 328. The Morgan fingerprint density at radius 1 is 1.22 bits per heavy atom. The first-order valence-corrected chi connectivity index (χ1v) is 6.48. The summed E-state index contributed by atoms with van der Waals surface area (Å²) in [4.78, 5) is 11.1. The van der Waals surface area contributed by atoms with Crippen LogP contribution in [-0.2, 0) is 11.3 Å². The molecule has 1 amide bonds. The first-order valence-electron chi connectivity index (χ1n) is 6.48. The van der Waals surface area contributed by atoms with Gasteiger partial charge in [-0.1, -0.05) is 37.3 Å². The first-order chi connectivity index (χ1) is 8.83. The molecule has 0 saturated heterocycles. The number of nitrogens with one attached hydrogen (secondary N) is 2. The molecule has 0 aliphatic rings. The molecule has 1 aromatic rings. The summed E-state index contributed by atoms with van der Waals surface area (Å²) in [5, 5.41) is 5.97. The molecule has 18 heavy (non-hydrogen) atoms. The van der Waals surface area contributed by atoms with Crippen molar-refractivity contribution in [3.8, 4) is 0 Å². The van der Waals surface area contributed by atoms with Crippen LogP contribution in [0.2, 0.25) is 0 Å². The molecule has 1 rings (SSSR count). The quantitative estimate of drug-likeness (QED) is 0.696. The molecule has 0 aromatic heterocycles. The fraction of sp³-hybridized carbons (Fsp3) is 0.500. The van der Waals surface area contributed by atoms with Gasteiger partial charge in [-0.3, -0.25) is 0 Å². The van der Waals surface area contributed by atoms with Gasteiger partial charge in [0.05, 0.1) is 6.61 Å². The van der Waals surface area contributed by atoms with E-state index in [4.69, 9.17) is 4.74 Å². The number of amides is 1. The van der Waals surface area contributed by atoms with Crippen molar-refractivity contribution in [3.05, 3.63) is 35.9 Å². The SMILES string of the molecule is CCCNC(=O)OCCCNCc1ccccc1. The monoisotopic (exact) mass is 250 g/mol. The fourth-order valence-electron chi connectivity index (χ4n) is 1.47. The molecule has 0 saturated carbocycles. The molecule has 0 bridgehead atoms. The normalized spacial score (nSPS) is 10.1. The zero-order valence-electron chi connectivity index (χ0n) is 10.9. The highest BCUT2D eigenvalue weighted by atomic mass is 16.5. The van der Waals surface area contributed by atoms with Gasteiger partial charge in [0.1, 0.15) is 0 Å². The van der Waals surface area contributed by atoms with E-state index in [9.17, 15) is 4.79 Å². The van der Waals surface area contributed by atoms with Crippen molar-refractivity contribution in [2.45, 2.75) is 26.3 Å². The molecule has 0 atom stereocenters. The topological polar surface area (TPSA) is 50.4 Å². The summed E-state index contributed by atoms with van der Waals surface area (Å²) in [6, 6.07) is 10.2. The highest BCUT2D eigenvalue weighted by Crippen LogP contribution is 1.96. The van der Waals surface area contributed by atoms with Gasteiger partial charge in [0.2, 0.25) is 0 Å². The van der Waals surface area contributed by atoms with Crippen LogP contribution >= 0.6 is 0 Å². The molecule has 0 radical (unpaired) electrons. The number of alkyl carbamates (subject to hydrolysis) is 1. The summed E-state index contributed by atoms with van der Waals surface area (Å²) in [5.74, 6) is 0. The summed E-state index contributed by atoms with van der Waals surface area (Å²) in [6.45, 7) is 4.83. The van der Waals surface area contributed by atoms with E-state index in [0.29, 0.717) is 13.2 Å². The Hall–Kier alpha value is -1.55. The number of carbonyl (C=O) groups excluding carboxylic acids is 1. The van der Waals surface area contributed by atoms with Crippen LogP contribution in [0.4, 0.5) is 4.79 Å². The highest BCUT2D eigenvalue weighted by Gasteiger charge is 1.99. The van der Waals surface area contributed by atoms with Crippen molar-refractivity contribution >= 4 is 6.09 Å². The Morgan fingerprint density at radius 3 is 2.72 bits per heavy atom. The third-order valence-corrected chi connectivity index (χ3v) is 2.42. The summed E-state index contributed by atoms with van der Waals surface area (Å²) >= 11 is 0. The largest absolute Gasteiger partial charge is 0.450 e. The van der Waals surface area contributed by atoms with Gasteiger partial charge in [0.25, 0.3) is 0 Å². The van der Waals surface area contributed by atoms with Crippen molar-refractivity contribution in [2.24, 2.45) is 0 Å². The molecule has 0 spiro atoms. The number of hydrogen-bond acceptors (Lipinski definition) is 3. The van der Waals surface area contributed by atoms with Crippen molar-refractivity contribution in [2.75, 3.05) is 19.7 Å². The summed E-state index contributed by atoms with van der Waals surface area (Å²) in [7, 11) is 0. The van der Waals surface area contributed by atoms with Gasteiger partial charge in [-0.05, 0) is 24.9 Å². The van der Waals surface area contributed by atoms with Crippen molar-refractivity contribution in [1.82, 2.24) is 10.6 Å². The van der Waals surface area contributed by atoms with E-state index >= 15 is 0 Å². The van der Waals surface area contributed by atoms with E-state index in [2.05, 4.69) is 22.8 Å². The average molecular weight is 250 g/mol. The van der Waals surface area contributed by atoms with Crippen LogP contribution < -0.4 is 10.6 Å². The van der Waals surface area contributed by atoms with Gasteiger partial charge in [0.15, 0.2) is 0 Å². The second-order valence-electron chi connectivity index (χ2n) is 4.08. The zero-order chi connectivity index (χ0) is 13.1. The highest BCUT2D eigenvalue weighted by molar-refractivity contribution is 5.66. The molecule has 0 aliphatic carbocycles. The van der Waals surface area contributed by atoms with Crippen LogP contribution in [0, 0.1) is 0 Å². The van der Waals surface area contributed by atoms with E-state index in [0.717, 1.165) is 25.9 Å². The summed E-state index contributed by atoms with van der Waals surface area (Å²) in [6.07, 6.45) is 1.43. The third-order valence-electron chi connectivity index (χ3n) is 2.42. The Morgan fingerprint density at radius 2 is 2.00 bits per heavy atom. The van der Waals surface area contributed by atoms with E-state index in [-0.39, 0.29) is 6.09 Å². The number of rotatable bonds is 8. The van der Waals surface area contributed by atoms with Gasteiger partial charge in [0, 0.05) is 13.1 Å². The number of hydrogen-bond donors (Lipinski definition) is 2. The number of carbonyl (C=O) groups is 1. The van der Waals surface area contributed by atoms with Crippen LogP contribution in [0.15, 0.2) is 30.3 Å². The van der Waals surface area contributed by atoms with E-state index in [1.54, 1.807) is 0 Å². The molecule has 4 nitrogen and oxygen atoms in total. The molecule has 0 unspecified atom stereocenters.